The van der Waals surface area contributed by atoms with Gasteiger partial charge in [-0.25, -0.2) is 9.59 Å². The van der Waals surface area contributed by atoms with Crippen molar-refractivity contribution in [1.29, 1.82) is 10.7 Å². The van der Waals surface area contributed by atoms with Crippen LogP contribution in [0.4, 0.5) is 23.7 Å². The third-order valence-electron chi connectivity index (χ3n) is 7.39. The SMILES string of the molecule is COC(=O)C1=C(C)N(c2cccc(C(F)(F)F)c2)C(=N)N(C(N)=O)[C@@H]1c1ccc(C#N)cc1C[N+](C)(C)Cc1ccccc1. The molecule has 2 amide bonds. The second-order valence-electron chi connectivity index (χ2n) is 11.1. The number of allylic oxidation sites excluding steroid dienone is 1. The maximum absolute atomic E-state index is 13.6. The number of primary amides is 1. The highest BCUT2D eigenvalue weighted by molar-refractivity contribution is 6.10. The molecule has 0 saturated carbocycles. The summed E-state index contributed by atoms with van der Waals surface area (Å²) < 4.78 is 46.3. The number of guanidine groups is 1. The zero-order chi connectivity index (χ0) is 32.4. The molecule has 1 aliphatic rings. The number of anilines is 1. The number of ether oxygens (including phenoxy) is 1. The number of rotatable bonds is 7. The van der Waals surface area contributed by atoms with Crippen LogP contribution in [0, 0.1) is 16.7 Å². The van der Waals surface area contributed by atoms with E-state index in [0.29, 0.717) is 34.3 Å². The molecule has 12 heteroatoms. The van der Waals surface area contributed by atoms with Gasteiger partial charge in [0.2, 0.25) is 5.96 Å². The molecule has 0 unspecified atom stereocenters. The first kappa shape index (κ1) is 31.8. The number of methoxy groups -OCH3 is 1. The Morgan fingerprint density at radius 3 is 2.32 bits per heavy atom. The van der Waals surface area contributed by atoms with E-state index in [9.17, 15) is 28.0 Å². The number of carbonyl (C=O) groups excluding carboxylic acids is 2. The first-order chi connectivity index (χ1) is 20.7. The van der Waals surface area contributed by atoms with E-state index in [-0.39, 0.29) is 17.0 Å². The summed E-state index contributed by atoms with van der Waals surface area (Å²) in [5.74, 6) is -1.42. The van der Waals surface area contributed by atoms with Crippen LogP contribution >= 0.6 is 0 Å². The van der Waals surface area contributed by atoms with Gasteiger partial charge in [-0.2, -0.15) is 18.4 Å². The summed E-state index contributed by atoms with van der Waals surface area (Å²) in [6, 6.07) is 18.5. The van der Waals surface area contributed by atoms with E-state index in [1.807, 2.05) is 44.4 Å². The van der Waals surface area contributed by atoms with Crippen LogP contribution in [0.5, 0.6) is 0 Å². The van der Waals surface area contributed by atoms with Gasteiger partial charge in [0.15, 0.2) is 0 Å². The van der Waals surface area contributed by atoms with E-state index in [2.05, 4.69) is 6.07 Å². The minimum atomic E-state index is -4.68. The molecule has 1 aliphatic heterocycles. The number of esters is 1. The second kappa shape index (κ2) is 12.2. The van der Waals surface area contributed by atoms with Crippen molar-refractivity contribution in [3.8, 4) is 6.07 Å². The largest absolute Gasteiger partial charge is 0.466 e. The minimum Gasteiger partial charge on any atom is -0.466 e. The number of quaternary nitrogens is 1. The van der Waals surface area contributed by atoms with Crippen molar-refractivity contribution in [2.45, 2.75) is 32.2 Å². The highest BCUT2D eigenvalue weighted by atomic mass is 19.4. The smallest absolute Gasteiger partial charge is 0.416 e. The predicted octanol–water partition coefficient (Wildman–Crippen LogP) is 5.68. The number of halogens is 3. The summed E-state index contributed by atoms with van der Waals surface area (Å²) in [4.78, 5) is 28.4. The summed E-state index contributed by atoms with van der Waals surface area (Å²) in [7, 11) is 5.12. The van der Waals surface area contributed by atoms with E-state index in [1.54, 1.807) is 12.1 Å². The lowest BCUT2D eigenvalue weighted by molar-refractivity contribution is -0.916. The second-order valence-corrected chi connectivity index (χ2v) is 11.1. The number of nitrogens with zero attached hydrogens (tertiary/aromatic N) is 4. The average molecular weight is 606 g/mol. The van der Waals surface area contributed by atoms with Crippen LogP contribution in [0.15, 0.2) is 84.1 Å². The van der Waals surface area contributed by atoms with Crippen LogP contribution in [0.3, 0.4) is 0 Å². The highest BCUT2D eigenvalue weighted by Gasteiger charge is 2.45. The number of nitrogens with one attached hydrogen (secondary N) is 1. The molecule has 3 N–H and O–H groups in total. The number of alkyl halides is 3. The van der Waals surface area contributed by atoms with Gasteiger partial charge in [0.05, 0.1) is 44.0 Å². The fraction of sp³-hybridized carbons (Fsp3) is 0.250. The van der Waals surface area contributed by atoms with Crippen molar-refractivity contribution in [2.75, 3.05) is 26.1 Å². The third kappa shape index (κ3) is 6.43. The molecule has 228 valence electrons. The Balaban J connectivity index is 1.93. The Hall–Kier alpha value is -5.15. The molecule has 1 heterocycles. The van der Waals surface area contributed by atoms with Gasteiger partial charge in [-0.3, -0.25) is 15.2 Å². The normalized spacial score (nSPS) is 15.7. The molecule has 1 atom stereocenters. The van der Waals surface area contributed by atoms with Crippen LogP contribution in [0.2, 0.25) is 0 Å². The first-order valence-electron chi connectivity index (χ1n) is 13.5. The van der Waals surface area contributed by atoms with E-state index >= 15 is 0 Å². The molecule has 9 nitrogen and oxygen atoms in total. The average Bonchev–Trinajstić information content (AvgIpc) is 2.96. The number of hydrogen-bond acceptors (Lipinski definition) is 5. The number of carbonyl (C=O) groups is 2. The number of nitriles is 1. The quantitative estimate of drug-likeness (QED) is 0.265. The maximum atomic E-state index is 13.6. The predicted molar refractivity (Wildman–Crippen MR) is 158 cm³/mol. The lowest BCUT2D eigenvalue weighted by atomic mass is 9.88. The first-order valence-corrected chi connectivity index (χ1v) is 13.5. The van der Waals surface area contributed by atoms with Gasteiger partial charge in [0.1, 0.15) is 19.1 Å². The molecule has 0 aliphatic carbocycles. The summed E-state index contributed by atoms with van der Waals surface area (Å²) in [6.45, 7) is 2.42. The van der Waals surface area contributed by atoms with Crippen LogP contribution in [-0.2, 0) is 28.8 Å². The van der Waals surface area contributed by atoms with Crippen molar-refractivity contribution in [3.05, 3.63) is 112 Å². The van der Waals surface area contributed by atoms with Crippen molar-refractivity contribution in [1.82, 2.24) is 4.90 Å². The molecule has 0 radical (unpaired) electrons. The Bertz CT molecular complexity index is 1680. The zero-order valence-corrected chi connectivity index (χ0v) is 24.6. The van der Waals surface area contributed by atoms with Crippen LogP contribution < -0.4 is 10.6 Å². The number of benzene rings is 3. The van der Waals surface area contributed by atoms with E-state index in [4.69, 9.17) is 15.9 Å². The standard InChI is InChI=1S/C32H31F3N6O3/c1-20-27(29(42)44-4)28(40(31(38)43)30(37)39(20)25-12-8-11-24(16-25)32(33,34)35)26-14-13-22(17-36)15-23(26)19-41(2,3)18-21-9-6-5-7-10-21/h5-16,28,37H,18-19H2,1-4H3,(H-,38,43)/p+1/t28-/m1/s1. The van der Waals surface area contributed by atoms with Gasteiger partial charge in [-0.15, -0.1) is 0 Å². The lowest BCUT2D eigenvalue weighted by Gasteiger charge is -2.43. The van der Waals surface area contributed by atoms with Crippen molar-refractivity contribution >= 4 is 23.6 Å². The fourth-order valence-electron chi connectivity index (χ4n) is 5.54. The minimum absolute atomic E-state index is 0.0806. The Labute approximate surface area is 253 Å². The maximum Gasteiger partial charge on any atom is 0.416 e. The number of amides is 2. The lowest BCUT2D eigenvalue weighted by Crippen LogP contribution is -2.55. The van der Waals surface area contributed by atoms with Crippen LogP contribution in [0.1, 0.15) is 40.8 Å². The molecular formula is C32H32F3N6O3+. The monoisotopic (exact) mass is 605 g/mol. The van der Waals surface area contributed by atoms with E-state index in [0.717, 1.165) is 34.6 Å². The summed E-state index contributed by atoms with van der Waals surface area (Å²) in [5, 5.41) is 18.7. The molecule has 0 saturated heterocycles. The Morgan fingerprint density at radius 2 is 1.73 bits per heavy atom. The number of hydrogen-bond donors (Lipinski definition) is 2. The zero-order valence-electron chi connectivity index (χ0n) is 24.6. The van der Waals surface area contributed by atoms with Gasteiger partial charge >= 0.3 is 18.2 Å². The van der Waals surface area contributed by atoms with Crippen molar-refractivity contribution < 1.29 is 32.0 Å². The third-order valence-corrected chi connectivity index (χ3v) is 7.39. The topological polar surface area (TPSA) is 124 Å². The molecular weight excluding hydrogens is 573 g/mol. The van der Waals surface area contributed by atoms with Gasteiger partial charge < -0.3 is 15.0 Å². The molecule has 44 heavy (non-hydrogen) atoms. The molecule has 4 rings (SSSR count). The van der Waals surface area contributed by atoms with Crippen molar-refractivity contribution in [2.24, 2.45) is 5.73 Å². The van der Waals surface area contributed by atoms with Crippen molar-refractivity contribution in [3.63, 3.8) is 0 Å². The van der Waals surface area contributed by atoms with Gasteiger partial charge in [-0.05, 0) is 42.8 Å². The fourth-order valence-corrected chi connectivity index (χ4v) is 5.54. The molecule has 3 aromatic rings. The molecule has 3 aromatic carbocycles. The summed E-state index contributed by atoms with van der Waals surface area (Å²) >= 11 is 0. The molecule has 0 fully saturated rings. The van der Waals surface area contributed by atoms with Gasteiger partial charge in [-0.1, -0.05) is 42.5 Å². The van der Waals surface area contributed by atoms with Gasteiger partial charge in [0, 0.05) is 22.5 Å². The summed E-state index contributed by atoms with van der Waals surface area (Å²) in [5.41, 5.74) is 7.15. The van der Waals surface area contributed by atoms with Gasteiger partial charge in [0.25, 0.3) is 0 Å². The van der Waals surface area contributed by atoms with E-state index in [1.165, 1.54) is 25.1 Å². The Morgan fingerprint density at radius 1 is 1.05 bits per heavy atom. The van der Waals surface area contributed by atoms with E-state index < -0.39 is 35.7 Å². The number of urea groups is 1. The summed E-state index contributed by atoms with van der Waals surface area (Å²) in [6.07, 6.45) is -4.68. The van der Waals surface area contributed by atoms with Crippen LogP contribution in [0.25, 0.3) is 0 Å². The molecule has 0 bridgehead atoms. The number of nitrogens with two attached hydrogens (primary N) is 1. The molecule has 0 aromatic heterocycles. The molecule has 0 spiro atoms. The highest BCUT2D eigenvalue weighted by Crippen LogP contribution is 2.42. The van der Waals surface area contributed by atoms with Crippen LogP contribution in [-0.4, -0.2) is 48.5 Å². The Kier molecular flexibility index (Phi) is 8.83.